The quantitative estimate of drug-likeness (QED) is 0.518. The van der Waals surface area contributed by atoms with Gasteiger partial charge in [-0.25, -0.2) is 0 Å². The van der Waals surface area contributed by atoms with Gasteiger partial charge in [0.05, 0.1) is 12.7 Å². The van der Waals surface area contributed by atoms with Crippen molar-refractivity contribution in [3.63, 3.8) is 0 Å². The first kappa shape index (κ1) is 13.5. The Bertz CT molecular complexity index is 195. The number of ether oxygens (including phenoxy) is 2. The van der Waals surface area contributed by atoms with Crippen molar-refractivity contribution in [2.45, 2.75) is 58.5 Å². The maximum absolute atomic E-state index is 11.5. The van der Waals surface area contributed by atoms with Crippen LogP contribution in [0.15, 0.2) is 0 Å². The lowest BCUT2D eigenvalue weighted by Crippen LogP contribution is -2.17. The van der Waals surface area contributed by atoms with Crippen LogP contribution in [0, 0.1) is 5.92 Å². The number of esters is 1. The summed E-state index contributed by atoms with van der Waals surface area (Å²) >= 11 is 0. The maximum Gasteiger partial charge on any atom is 0.306 e. The molecule has 0 bridgehead atoms. The van der Waals surface area contributed by atoms with Gasteiger partial charge in [-0.3, -0.25) is 4.79 Å². The van der Waals surface area contributed by atoms with E-state index >= 15 is 0 Å². The lowest BCUT2D eigenvalue weighted by Gasteiger charge is -2.20. The molecule has 1 saturated carbocycles. The van der Waals surface area contributed by atoms with Crippen LogP contribution in [-0.4, -0.2) is 25.3 Å². The van der Waals surface area contributed by atoms with Gasteiger partial charge in [0.1, 0.15) is 6.61 Å². The maximum atomic E-state index is 11.5. The summed E-state index contributed by atoms with van der Waals surface area (Å²) < 4.78 is 10.4. The lowest BCUT2D eigenvalue weighted by atomic mass is 9.87. The Morgan fingerprint density at radius 3 is 2.50 bits per heavy atom. The van der Waals surface area contributed by atoms with E-state index in [0.717, 1.165) is 0 Å². The van der Waals surface area contributed by atoms with Gasteiger partial charge in [-0.05, 0) is 32.6 Å². The Hall–Kier alpha value is -0.570. The average molecular weight is 228 g/mol. The fourth-order valence-corrected chi connectivity index (χ4v) is 2.13. The highest BCUT2D eigenvalue weighted by atomic mass is 16.6. The van der Waals surface area contributed by atoms with Gasteiger partial charge in [-0.1, -0.05) is 19.3 Å². The normalized spacial score (nSPS) is 17.7. The van der Waals surface area contributed by atoms with Crippen LogP contribution < -0.4 is 0 Å². The molecule has 0 radical (unpaired) electrons. The summed E-state index contributed by atoms with van der Waals surface area (Å²) in [6.45, 7) is 4.85. The molecule has 0 spiro atoms. The SMILES string of the molecule is CC(C)OCCOC(=O)CC1CCCCC1. The van der Waals surface area contributed by atoms with Gasteiger partial charge in [-0.15, -0.1) is 0 Å². The van der Waals surface area contributed by atoms with Gasteiger partial charge in [0.2, 0.25) is 0 Å². The molecule has 0 amide bonds. The zero-order valence-electron chi connectivity index (χ0n) is 10.5. The minimum atomic E-state index is -0.0562. The fraction of sp³-hybridized carbons (Fsp3) is 0.923. The molecule has 1 rings (SSSR count). The predicted molar refractivity (Wildman–Crippen MR) is 63.2 cm³/mol. The Kier molecular flexibility index (Phi) is 6.46. The molecule has 1 fully saturated rings. The van der Waals surface area contributed by atoms with E-state index in [1.807, 2.05) is 13.8 Å². The van der Waals surface area contributed by atoms with E-state index < -0.39 is 0 Å². The van der Waals surface area contributed by atoms with Gasteiger partial charge >= 0.3 is 5.97 Å². The molecule has 1 aliphatic rings. The zero-order valence-corrected chi connectivity index (χ0v) is 10.5. The first-order valence-electron chi connectivity index (χ1n) is 6.45. The number of rotatable bonds is 6. The van der Waals surface area contributed by atoms with Crippen LogP contribution in [0.25, 0.3) is 0 Å². The van der Waals surface area contributed by atoms with Gasteiger partial charge in [0.15, 0.2) is 0 Å². The standard InChI is InChI=1S/C13H24O3/c1-11(2)15-8-9-16-13(14)10-12-6-4-3-5-7-12/h11-12H,3-10H2,1-2H3. The van der Waals surface area contributed by atoms with E-state index in [1.165, 1.54) is 32.1 Å². The van der Waals surface area contributed by atoms with Crippen LogP contribution in [-0.2, 0) is 14.3 Å². The Labute approximate surface area is 98.5 Å². The molecule has 0 aromatic rings. The molecule has 16 heavy (non-hydrogen) atoms. The zero-order chi connectivity index (χ0) is 11.8. The van der Waals surface area contributed by atoms with E-state index in [-0.39, 0.29) is 12.1 Å². The molecule has 0 aliphatic heterocycles. The first-order chi connectivity index (χ1) is 7.68. The van der Waals surface area contributed by atoms with E-state index in [4.69, 9.17) is 9.47 Å². The van der Waals surface area contributed by atoms with Crippen molar-refractivity contribution in [1.29, 1.82) is 0 Å². The van der Waals surface area contributed by atoms with E-state index in [0.29, 0.717) is 25.6 Å². The molecular formula is C13H24O3. The van der Waals surface area contributed by atoms with Crippen molar-refractivity contribution in [2.75, 3.05) is 13.2 Å². The Morgan fingerprint density at radius 2 is 1.88 bits per heavy atom. The summed E-state index contributed by atoms with van der Waals surface area (Å²) in [5, 5.41) is 0. The number of hydrogen-bond acceptors (Lipinski definition) is 3. The van der Waals surface area contributed by atoms with E-state index in [2.05, 4.69) is 0 Å². The van der Waals surface area contributed by atoms with Crippen LogP contribution >= 0.6 is 0 Å². The molecule has 0 aromatic heterocycles. The summed E-state index contributed by atoms with van der Waals surface area (Å²) in [6.07, 6.45) is 7.06. The van der Waals surface area contributed by atoms with Gasteiger partial charge in [-0.2, -0.15) is 0 Å². The highest BCUT2D eigenvalue weighted by molar-refractivity contribution is 5.69. The van der Waals surface area contributed by atoms with Crippen molar-refractivity contribution >= 4 is 5.97 Å². The average Bonchev–Trinajstić information content (AvgIpc) is 2.25. The molecule has 0 atom stereocenters. The van der Waals surface area contributed by atoms with Crippen LogP contribution in [0.3, 0.4) is 0 Å². The minimum absolute atomic E-state index is 0.0562. The lowest BCUT2D eigenvalue weighted by molar-refractivity contribution is -0.147. The smallest absolute Gasteiger partial charge is 0.306 e. The monoisotopic (exact) mass is 228 g/mol. The van der Waals surface area contributed by atoms with Gasteiger partial charge in [0, 0.05) is 6.42 Å². The third kappa shape index (κ3) is 6.11. The highest BCUT2D eigenvalue weighted by Crippen LogP contribution is 2.26. The van der Waals surface area contributed by atoms with Crippen molar-refractivity contribution in [3.05, 3.63) is 0 Å². The topological polar surface area (TPSA) is 35.5 Å². The predicted octanol–water partition coefficient (Wildman–Crippen LogP) is 2.93. The molecule has 0 N–H and O–H groups in total. The Balaban J connectivity index is 2.01. The van der Waals surface area contributed by atoms with Crippen molar-refractivity contribution in [1.82, 2.24) is 0 Å². The first-order valence-corrected chi connectivity index (χ1v) is 6.45. The van der Waals surface area contributed by atoms with E-state index in [9.17, 15) is 4.79 Å². The van der Waals surface area contributed by atoms with Gasteiger partial charge in [0.25, 0.3) is 0 Å². The fourth-order valence-electron chi connectivity index (χ4n) is 2.13. The Morgan fingerprint density at radius 1 is 1.19 bits per heavy atom. The van der Waals surface area contributed by atoms with Crippen LogP contribution in [0.5, 0.6) is 0 Å². The number of hydrogen-bond donors (Lipinski definition) is 0. The summed E-state index contributed by atoms with van der Waals surface area (Å²) in [5.74, 6) is 0.506. The molecule has 3 nitrogen and oxygen atoms in total. The van der Waals surface area contributed by atoms with Crippen LogP contribution in [0.2, 0.25) is 0 Å². The summed E-state index contributed by atoms with van der Waals surface area (Å²) in [7, 11) is 0. The summed E-state index contributed by atoms with van der Waals surface area (Å²) in [6, 6.07) is 0. The molecule has 3 heteroatoms. The van der Waals surface area contributed by atoms with Crippen LogP contribution in [0.1, 0.15) is 52.4 Å². The summed E-state index contributed by atoms with van der Waals surface area (Å²) in [5.41, 5.74) is 0. The molecule has 1 aliphatic carbocycles. The van der Waals surface area contributed by atoms with Gasteiger partial charge < -0.3 is 9.47 Å². The molecule has 0 saturated heterocycles. The van der Waals surface area contributed by atoms with Crippen molar-refractivity contribution in [3.8, 4) is 0 Å². The second-order valence-electron chi connectivity index (χ2n) is 4.85. The van der Waals surface area contributed by atoms with E-state index in [1.54, 1.807) is 0 Å². The minimum Gasteiger partial charge on any atom is -0.463 e. The number of carbonyl (C=O) groups excluding carboxylic acids is 1. The second-order valence-corrected chi connectivity index (χ2v) is 4.85. The largest absolute Gasteiger partial charge is 0.463 e. The molecular weight excluding hydrogens is 204 g/mol. The van der Waals surface area contributed by atoms with Crippen molar-refractivity contribution < 1.29 is 14.3 Å². The summed E-state index contributed by atoms with van der Waals surface area (Å²) in [4.78, 5) is 11.5. The number of carbonyl (C=O) groups is 1. The highest BCUT2D eigenvalue weighted by Gasteiger charge is 2.17. The second kappa shape index (κ2) is 7.66. The molecule has 0 unspecified atom stereocenters. The third-order valence-electron chi connectivity index (χ3n) is 2.98. The van der Waals surface area contributed by atoms with Crippen LogP contribution in [0.4, 0.5) is 0 Å². The molecule has 0 heterocycles. The third-order valence-corrected chi connectivity index (χ3v) is 2.98. The molecule has 94 valence electrons. The molecule has 0 aromatic carbocycles. The van der Waals surface area contributed by atoms with Crippen molar-refractivity contribution in [2.24, 2.45) is 5.92 Å².